The molecule has 0 radical (unpaired) electrons. The first-order valence-electron chi connectivity index (χ1n) is 9.12. The Hall–Kier alpha value is -2.21. The van der Waals surface area contributed by atoms with Crippen LogP contribution in [0.4, 0.5) is 4.39 Å². The Morgan fingerprint density at radius 1 is 1.35 bits per heavy atom. The van der Waals surface area contributed by atoms with E-state index in [2.05, 4.69) is 0 Å². The summed E-state index contributed by atoms with van der Waals surface area (Å²) in [5.74, 6) is -1.03. The molecular weight excluding hydrogens is 335 g/mol. The molecule has 2 fully saturated rings. The molecule has 0 unspecified atom stereocenters. The van der Waals surface area contributed by atoms with Crippen molar-refractivity contribution in [2.75, 3.05) is 20.7 Å². The summed E-state index contributed by atoms with van der Waals surface area (Å²) >= 11 is 0. The van der Waals surface area contributed by atoms with E-state index in [1.165, 1.54) is 6.07 Å². The molecule has 0 amide bonds. The van der Waals surface area contributed by atoms with E-state index in [1.807, 2.05) is 29.6 Å². The SMILES string of the molecule is CCOC(=O)c1cn(C2CC2)c2cc(C3(N(C)C)CC3)c(F)cc2c1=O. The minimum absolute atomic E-state index is 0.0212. The van der Waals surface area contributed by atoms with Crippen LogP contribution < -0.4 is 5.43 Å². The van der Waals surface area contributed by atoms with Gasteiger partial charge in [-0.05, 0) is 58.8 Å². The lowest BCUT2D eigenvalue weighted by atomic mass is 9.99. The standard InChI is InChI=1S/C20H23FN2O3/c1-4-26-19(25)14-11-23(12-5-6-12)17-10-15(20(7-8-20)22(2)3)16(21)9-13(17)18(14)24/h9-12H,4-8H2,1-3H3. The van der Waals surface area contributed by atoms with E-state index in [9.17, 15) is 14.0 Å². The summed E-state index contributed by atoms with van der Waals surface area (Å²) in [5, 5.41) is 0.248. The molecule has 2 aliphatic rings. The van der Waals surface area contributed by atoms with E-state index in [0.29, 0.717) is 11.1 Å². The number of halogens is 1. The fraction of sp³-hybridized carbons (Fsp3) is 0.500. The van der Waals surface area contributed by atoms with Gasteiger partial charge in [0.15, 0.2) is 0 Å². The van der Waals surface area contributed by atoms with Crippen LogP contribution in [0.1, 0.15) is 54.6 Å². The lowest BCUT2D eigenvalue weighted by Crippen LogP contribution is -2.29. The van der Waals surface area contributed by atoms with Crippen LogP contribution in [-0.4, -0.2) is 36.1 Å². The Balaban J connectivity index is 1.96. The summed E-state index contributed by atoms with van der Waals surface area (Å²) in [6, 6.07) is 3.36. The maximum atomic E-state index is 14.9. The number of hydrogen-bond acceptors (Lipinski definition) is 4. The highest BCUT2D eigenvalue weighted by molar-refractivity contribution is 5.94. The second-order valence-electron chi connectivity index (χ2n) is 7.51. The smallest absolute Gasteiger partial charge is 0.343 e. The first kappa shape index (κ1) is 17.2. The highest BCUT2D eigenvalue weighted by atomic mass is 19.1. The monoisotopic (exact) mass is 358 g/mol. The van der Waals surface area contributed by atoms with E-state index in [0.717, 1.165) is 25.7 Å². The molecule has 0 N–H and O–H groups in total. The number of carbonyl (C=O) groups is 1. The minimum atomic E-state index is -0.648. The number of pyridine rings is 1. The molecule has 0 saturated heterocycles. The molecule has 2 saturated carbocycles. The second kappa shape index (κ2) is 5.91. The van der Waals surface area contributed by atoms with Crippen molar-refractivity contribution in [2.45, 2.75) is 44.2 Å². The Morgan fingerprint density at radius 2 is 2.04 bits per heavy atom. The number of aromatic nitrogens is 1. The fourth-order valence-electron chi connectivity index (χ4n) is 3.81. The summed E-state index contributed by atoms with van der Waals surface area (Å²) in [4.78, 5) is 27.0. The van der Waals surface area contributed by atoms with Gasteiger partial charge in [-0.15, -0.1) is 0 Å². The number of benzene rings is 1. The van der Waals surface area contributed by atoms with Crippen molar-refractivity contribution in [1.82, 2.24) is 9.47 Å². The van der Waals surface area contributed by atoms with Crippen molar-refractivity contribution in [3.8, 4) is 0 Å². The third-order valence-electron chi connectivity index (χ3n) is 5.64. The number of rotatable bonds is 5. The van der Waals surface area contributed by atoms with Gasteiger partial charge >= 0.3 is 5.97 Å². The summed E-state index contributed by atoms with van der Waals surface area (Å²) in [7, 11) is 3.91. The Labute approximate surface area is 151 Å². The van der Waals surface area contributed by atoms with Crippen molar-refractivity contribution in [2.24, 2.45) is 0 Å². The van der Waals surface area contributed by atoms with Gasteiger partial charge in [-0.3, -0.25) is 9.69 Å². The lowest BCUT2D eigenvalue weighted by Gasteiger charge is -2.25. The van der Waals surface area contributed by atoms with Crippen LogP contribution in [0.2, 0.25) is 0 Å². The summed E-state index contributed by atoms with van der Waals surface area (Å²) in [5.41, 5.74) is 0.563. The third-order valence-corrected chi connectivity index (χ3v) is 5.64. The summed E-state index contributed by atoms with van der Waals surface area (Å²) < 4.78 is 21.9. The van der Waals surface area contributed by atoms with E-state index >= 15 is 0 Å². The number of ether oxygens (including phenoxy) is 1. The maximum absolute atomic E-state index is 14.9. The number of hydrogen-bond donors (Lipinski definition) is 0. The zero-order valence-electron chi connectivity index (χ0n) is 15.3. The number of fused-ring (bicyclic) bond motifs is 1. The van der Waals surface area contributed by atoms with E-state index in [-0.39, 0.29) is 35.0 Å². The minimum Gasteiger partial charge on any atom is -0.462 e. The van der Waals surface area contributed by atoms with Crippen LogP contribution in [0.15, 0.2) is 23.1 Å². The third kappa shape index (κ3) is 2.55. The molecule has 1 aromatic heterocycles. The van der Waals surface area contributed by atoms with E-state index < -0.39 is 11.4 Å². The lowest BCUT2D eigenvalue weighted by molar-refractivity contribution is 0.0524. The van der Waals surface area contributed by atoms with Crippen LogP contribution in [0.5, 0.6) is 0 Å². The van der Waals surface area contributed by atoms with Crippen LogP contribution >= 0.6 is 0 Å². The van der Waals surface area contributed by atoms with Crippen LogP contribution in [-0.2, 0) is 10.3 Å². The van der Waals surface area contributed by atoms with Gasteiger partial charge in [0, 0.05) is 28.7 Å². The van der Waals surface area contributed by atoms with E-state index in [1.54, 1.807) is 13.1 Å². The number of carbonyl (C=O) groups excluding carboxylic acids is 1. The van der Waals surface area contributed by atoms with Gasteiger partial charge in [0.2, 0.25) is 5.43 Å². The van der Waals surface area contributed by atoms with Crippen LogP contribution in [0, 0.1) is 5.82 Å². The van der Waals surface area contributed by atoms with Crippen molar-refractivity contribution < 1.29 is 13.9 Å². The van der Waals surface area contributed by atoms with Gasteiger partial charge in [0.05, 0.1) is 12.1 Å². The topological polar surface area (TPSA) is 51.5 Å². The van der Waals surface area contributed by atoms with Gasteiger partial charge in [-0.1, -0.05) is 0 Å². The van der Waals surface area contributed by atoms with Crippen molar-refractivity contribution in [3.05, 3.63) is 45.5 Å². The molecule has 4 rings (SSSR count). The largest absolute Gasteiger partial charge is 0.462 e. The average Bonchev–Trinajstić information content (AvgIpc) is 3.48. The van der Waals surface area contributed by atoms with Crippen molar-refractivity contribution in [1.29, 1.82) is 0 Å². The summed E-state index contributed by atoms with van der Waals surface area (Å²) in [6.45, 7) is 1.89. The second-order valence-corrected chi connectivity index (χ2v) is 7.51. The van der Waals surface area contributed by atoms with Gasteiger partial charge in [-0.2, -0.15) is 0 Å². The van der Waals surface area contributed by atoms with Crippen molar-refractivity contribution >= 4 is 16.9 Å². The quantitative estimate of drug-likeness (QED) is 0.770. The Kier molecular flexibility index (Phi) is 3.91. The average molecular weight is 358 g/mol. The molecule has 2 aliphatic carbocycles. The Bertz CT molecular complexity index is 956. The van der Waals surface area contributed by atoms with Crippen molar-refractivity contribution in [3.63, 3.8) is 0 Å². The highest BCUT2D eigenvalue weighted by Crippen LogP contribution is 2.51. The molecule has 1 aromatic carbocycles. The molecule has 2 aromatic rings. The molecule has 1 heterocycles. The zero-order chi connectivity index (χ0) is 18.6. The molecule has 6 heteroatoms. The number of nitrogens with zero attached hydrogens (tertiary/aromatic N) is 2. The molecular formula is C20H23FN2O3. The van der Waals surface area contributed by atoms with Gasteiger partial charge in [-0.25, -0.2) is 9.18 Å². The fourth-order valence-corrected chi connectivity index (χ4v) is 3.81. The predicted molar refractivity (Wildman–Crippen MR) is 97.0 cm³/mol. The molecule has 26 heavy (non-hydrogen) atoms. The molecule has 0 spiro atoms. The molecule has 0 atom stereocenters. The molecule has 0 bridgehead atoms. The van der Waals surface area contributed by atoms with Gasteiger partial charge < -0.3 is 9.30 Å². The number of esters is 1. The van der Waals surface area contributed by atoms with Crippen LogP contribution in [0.3, 0.4) is 0 Å². The molecule has 0 aliphatic heterocycles. The normalized spacial score (nSPS) is 18.3. The molecule has 5 nitrogen and oxygen atoms in total. The predicted octanol–water partition coefficient (Wildman–Crippen LogP) is 3.20. The van der Waals surface area contributed by atoms with Gasteiger partial charge in [0.25, 0.3) is 0 Å². The first-order chi connectivity index (χ1) is 12.4. The summed E-state index contributed by atoms with van der Waals surface area (Å²) in [6.07, 6.45) is 5.38. The zero-order valence-corrected chi connectivity index (χ0v) is 15.3. The molecule has 138 valence electrons. The maximum Gasteiger partial charge on any atom is 0.343 e. The van der Waals surface area contributed by atoms with E-state index in [4.69, 9.17) is 4.74 Å². The Morgan fingerprint density at radius 3 is 2.58 bits per heavy atom. The van der Waals surface area contributed by atoms with Crippen LogP contribution in [0.25, 0.3) is 10.9 Å². The first-order valence-corrected chi connectivity index (χ1v) is 9.12. The van der Waals surface area contributed by atoms with Gasteiger partial charge in [0.1, 0.15) is 11.4 Å². The highest BCUT2D eigenvalue weighted by Gasteiger charge is 2.48.